The molecule has 0 saturated heterocycles. The van der Waals surface area contributed by atoms with E-state index in [0.29, 0.717) is 22.3 Å². The van der Waals surface area contributed by atoms with Crippen molar-refractivity contribution in [2.24, 2.45) is 0 Å². The van der Waals surface area contributed by atoms with E-state index in [4.69, 9.17) is 0 Å². The van der Waals surface area contributed by atoms with Gasteiger partial charge in [-0.15, -0.1) is 0 Å². The predicted molar refractivity (Wildman–Crippen MR) is 305 cm³/mol. The normalized spacial score (nSPS) is 11.9. The van der Waals surface area contributed by atoms with Crippen LogP contribution in [0.5, 0.6) is 0 Å². The van der Waals surface area contributed by atoms with Crippen molar-refractivity contribution in [3.63, 3.8) is 0 Å². The first-order valence-electron chi connectivity index (χ1n) is 25.3. The van der Waals surface area contributed by atoms with Crippen LogP contribution in [-0.2, 0) is 0 Å². The molecule has 2 heterocycles. The van der Waals surface area contributed by atoms with E-state index in [2.05, 4.69) is 118 Å². The van der Waals surface area contributed by atoms with Gasteiger partial charge in [0.1, 0.15) is 0 Å². The van der Waals surface area contributed by atoms with Crippen LogP contribution >= 0.6 is 0 Å². The first-order chi connectivity index (χ1) is 37.3. The molecule has 358 valence electrons. The molecule has 6 heteroatoms. The Morgan fingerprint density at radius 1 is 0.211 bits per heavy atom. The second-order valence-corrected chi connectivity index (χ2v) is 19.7. The number of hydrogen-bond acceptors (Lipinski definition) is 0. The molecule has 0 amide bonds. The SMILES string of the molecule is Fc1c(F)c(-c2cc(-c3cc4ccc5cccc6c5c4c(c3)n6-c3ccccc3)cc(-c3cc4ccc5cccc6c5c4c(c3)n6-c3ccccc3)c2)c(F)c(F)c1-c1cc(-c2ccccc2)cc(-c2ccccc2)c1. The third-order valence-corrected chi connectivity index (χ3v) is 15.4. The molecule has 0 saturated carbocycles. The zero-order valence-corrected chi connectivity index (χ0v) is 40.5. The topological polar surface area (TPSA) is 9.86 Å². The lowest BCUT2D eigenvalue weighted by molar-refractivity contribution is 0.463. The minimum atomic E-state index is -1.49. The summed E-state index contributed by atoms with van der Waals surface area (Å²) in [7, 11) is 0. The average Bonchev–Trinajstić information content (AvgIpc) is 4.00. The highest BCUT2D eigenvalue weighted by Gasteiger charge is 2.29. The highest BCUT2D eigenvalue weighted by Crippen LogP contribution is 2.47. The van der Waals surface area contributed by atoms with E-state index in [1.54, 1.807) is 24.3 Å². The molecule has 0 atom stereocenters. The molecule has 0 aliphatic rings. The lowest BCUT2D eigenvalue weighted by Crippen LogP contribution is -2.04. The van der Waals surface area contributed by atoms with Crippen LogP contribution < -0.4 is 0 Å². The zero-order valence-electron chi connectivity index (χ0n) is 40.5. The van der Waals surface area contributed by atoms with Gasteiger partial charge in [0.25, 0.3) is 0 Å². The molecule has 0 bridgehead atoms. The molecule has 13 aromatic carbocycles. The zero-order chi connectivity index (χ0) is 50.8. The number of aromatic nitrogens is 2. The molecular weight excluding hydrogens is 945 g/mol. The van der Waals surface area contributed by atoms with Gasteiger partial charge in [0.2, 0.25) is 0 Å². The molecule has 15 aromatic rings. The van der Waals surface area contributed by atoms with E-state index in [-0.39, 0.29) is 11.1 Å². The van der Waals surface area contributed by atoms with Gasteiger partial charge < -0.3 is 9.13 Å². The number of hydrogen-bond donors (Lipinski definition) is 0. The van der Waals surface area contributed by atoms with E-state index in [0.717, 1.165) is 98.8 Å². The summed E-state index contributed by atoms with van der Waals surface area (Å²) < 4.78 is 74.4. The number of para-hydroxylation sites is 2. The Labute approximate surface area is 433 Å². The molecule has 0 aliphatic heterocycles. The average molecular weight is 985 g/mol. The fourth-order valence-corrected chi connectivity index (χ4v) is 12.0. The Bertz CT molecular complexity index is 4480. The minimum absolute atomic E-state index is 0.00794. The van der Waals surface area contributed by atoms with Crippen molar-refractivity contribution in [3.05, 3.63) is 266 Å². The van der Waals surface area contributed by atoms with Crippen LogP contribution in [0.2, 0.25) is 0 Å². The van der Waals surface area contributed by atoms with Crippen molar-refractivity contribution in [2.75, 3.05) is 0 Å². The van der Waals surface area contributed by atoms with Gasteiger partial charge in [0.15, 0.2) is 23.3 Å². The summed E-state index contributed by atoms with van der Waals surface area (Å²) >= 11 is 0. The van der Waals surface area contributed by atoms with Crippen molar-refractivity contribution in [1.82, 2.24) is 9.13 Å². The standard InChI is InChI=1S/C70H40F4N2/c71-67-65(53-35-47(41-15-5-1-6-16-41)33-48(36-53)42-17-7-2-8-18-42)68(72)70(74)66(69(67)73)54-37-49(51-31-45-29-27-43-19-13-25-57-61(43)63(45)59(39-51)75(57)55-21-9-3-10-22-55)34-50(38-54)52-32-46-30-28-44-20-14-26-58-62(44)64(46)60(40-52)76(58)56-23-11-4-12-24-56/h1-40H. The van der Waals surface area contributed by atoms with Crippen molar-refractivity contribution in [1.29, 1.82) is 0 Å². The second-order valence-electron chi connectivity index (χ2n) is 19.7. The van der Waals surface area contributed by atoms with Crippen LogP contribution in [0.15, 0.2) is 243 Å². The van der Waals surface area contributed by atoms with Crippen LogP contribution in [0.3, 0.4) is 0 Å². The Balaban J connectivity index is 0.992. The van der Waals surface area contributed by atoms with Crippen LogP contribution in [0.4, 0.5) is 17.6 Å². The highest BCUT2D eigenvalue weighted by atomic mass is 19.2. The molecule has 76 heavy (non-hydrogen) atoms. The first kappa shape index (κ1) is 43.8. The first-order valence-corrected chi connectivity index (χ1v) is 25.3. The summed E-state index contributed by atoms with van der Waals surface area (Å²) in [5, 5.41) is 8.61. The van der Waals surface area contributed by atoms with Crippen LogP contribution in [0.25, 0.3) is 143 Å². The summed E-state index contributed by atoms with van der Waals surface area (Å²) in [4.78, 5) is 0. The Kier molecular flexibility index (Phi) is 9.72. The van der Waals surface area contributed by atoms with Crippen molar-refractivity contribution >= 4 is 65.2 Å². The molecule has 0 N–H and O–H groups in total. The second kappa shape index (κ2) is 16.9. The fraction of sp³-hybridized carbons (Fsp3) is 0. The van der Waals surface area contributed by atoms with E-state index >= 15 is 17.6 Å². The fourth-order valence-electron chi connectivity index (χ4n) is 12.0. The lowest BCUT2D eigenvalue weighted by Gasteiger charge is -2.17. The summed E-state index contributed by atoms with van der Waals surface area (Å²) in [5.74, 6) is -5.94. The maximum atomic E-state index is 17.6. The van der Waals surface area contributed by atoms with Crippen molar-refractivity contribution in [3.8, 4) is 78.1 Å². The van der Waals surface area contributed by atoms with Gasteiger partial charge in [-0.2, -0.15) is 0 Å². The molecule has 2 aromatic heterocycles. The van der Waals surface area contributed by atoms with Gasteiger partial charge in [0.05, 0.1) is 33.2 Å². The molecule has 15 rings (SSSR count). The molecule has 0 aliphatic carbocycles. The minimum Gasteiger partial charge on any atom is -0.309 e. The molecular formula is C70H40F4N2. The van der Waals surface area contributed by atoms with Crippen LogP contribution in [0.1, 0.15) is 0 Å². The summed E-state index contributed by atoms with van der Waals surface area (Å²) in [6.07, 6.45) is 0. The maximum absolute atomic E-state index is 17.6. The molecule has 0 unspecified atom stereocenters. The van der Waals surface area contributed by atoms with Crippen molar-refractivity contribution in [2.45, 2.75) is 0 Å². The van der Waals surface area contributed by atoms with Crippen LogP contribution in [-0.4, -0.2) is 9.13 Å². The lowest BCUT2D eigenvalue weighted by atomic mass is 9.89. The van der Waals surface area contributed by atoms with Crippen LogP contribution in [0, 0.1) is 23.3 Å². The summed E-state index contributed by atoms with van der Waals surface area (Å²) in [5.41, 5.74) is 9.94. The molecule has 0 radical (unpaired) electrons. The van der Waals surface area contributed by atoms with Gasteiger partial charge in [-0.25, -0.2) is 17.6 Å². The smallest absolute Gasteiger partial charge is 0.170 e. The largest absolute Gasteiger partial charge is 0.309 e. The summed E-state index contributed by atoms with van der Waals surface area (Å²) in [6.45, 7) is 0. The number of benzene rings is 13. The van der Waals surface area contributed by atoms with Gasteiger partial charge in [-0.05, 0) is 174 Å². The van der Waals surface area contributed by atoms with E-state index in [1.807, 2.05) is 109 Å². The van der Waals surface area contributed by atoms with Gasteiger partial charge in [0, 0.05) is 32.9 Å². The van der Waals surface area contributed by atoms with E-state index in [9.17, 15) is 0 Å². The molecule has 0 spiro atoms. The Morgan fingerprint density at radius 3 is 0.895 bits per heavy atom. The number of rotatable bonds is 8. The third-order valence-electron chi connectivity index (χ3n) is 15.4. The van der Waals surface area contributed by atoms with Gasteiger partial charge in [-0.3, -0.25) is 0 Å². The third kappa shape index (κ3) is 6.67. The maximum Gasteiger partial charge on any atom is 0.170 e. The summed E-state index contributed by atoms with van der Waals surface area (Å²) in [6, 6.07) is 79.0. The van der Waals surface area contributed by atoms with E-state index < -0.39 is 34.4 Å². The number of nitrogens with zero attached hydrogens (tertiary/aromatic N) is 2. The van der Waals surface area contributed by atoms with Gasteiger partial charge in [-0.1, -0.05) is 146 Å². The number of halogens is 4. The highest BCUT2D eigenvalue weighted by molar-refractivity contribution is 6.26. The molecule has 2 nitrogen and oxygen atoms in total. The predicted octanol–water partition coefficient (Wildman–Crippen LogP) is 19.6. The quantitative estimate of drug-likeness (QED) is 0.0816. The molecule has 0 fully saturated rings. The Morgan fingerprint density at radius 2 is 0.513 bits per heavy atom. The Hall–Kier alpha value is -9.78. The van der Waals surface area contributed by atoms with E-state index in [1.165, 1.54) is 0 Å². The monoisotopic (exact) mass is 984 g/mol. The van der Waals surface area contributed by atoms with Gasteiger partial charge >= 0.3 is 0 Å². The van der Waals surface area contributed by atoms with Crippen molar-refractivity contribution < 1.29 is 17.6 Å².